The molecule has 1 fully saturated rings. The van der Waals surface area contributed by atoms with E-state index in [1.54, 1.807) is 0 Å². The molecule has 0 amide bonds. The molecule has 0 aromatic carbocycles. The van der Waals surface area contributed by atoms with Gasteiger partial charge in [0.15, 0.2) is 0 Å². The van der Waals surface area contributed by atoms with Crippen molar-refractivity contribution in [1.29, 1.82) is 0 Å². The molecule has 78 valence electrons. The summed E-state index contributed by atoms with van der Waals surface area (Å²) in [6, 6.07) is 0. The summed E-state index contributed by atoms with van der Waals surface area (Å²) in [5.41, 5.74) is 0. The fourth-order valence-electron chi connectivity index (χ4n) is 2.77. The highest BCUT2D eigenvalue weighted by atomic mass is 14.5. The van der Waals surface area contributed by atoms with Crippen molar-refractivity contribution >= 4 is 0 Å². The molecule has 4 unspecified atom stereocenters. The predicted octanol–water partition coefficient (Wildman–Crippen LogP) is 4.35. The summed E-state index contributed by atoms with van der Waals surface area (Å²) in [6.45, 7) is 11.9. The summed E-state index contributed by atoms with van der Waals surface area (Å²) in [5, 5.41) is 0. The molecule has 0 heteroatoms. The summed E-state index contributed by atoms with van der Waals surface area (Å²) in [5.74, 6) is 5.01. The summed E-state index contributed by atoms with van der Waals surface area (Å²) in [4.78, 5) is 0. The Morgan fingerprint density at radius 2 is 1.77 bits per heavy atom. The van der Waals surface area contributed by atoms with Gasteiger partial charge in [0, 0.05) is 0 Å². The van der Waals surface area contributed by atoms with Gasteiger partial charge in [-0.15, -0.1) is 0 Å². The Morgan fingerprint density at radius 3 is 2.23 bits per heavy atom. The van der Waals surface area contributed by atoms with Crippen LogP contribution in [0, 0.1) is 29.6 Å². The molecule has 0 spiro atoms. The van der Waals surface area contributed by atoms with Crippen LogP contribution in [0.4, 0.5) is 0 Å². The van der Waals surface area contributed by atoms with Crippen LogP contribution in [0.25, 0.3) is 0 Å². The number of hydrogen-bond donors (Lipinski definition) is 0. The van der Waals surface area contributed by atoms with E-state index in [0.29, 0.717) is 0 Å². The Morgan fingerprint density at radius 1 is 1.15 bits per heavy atom. The minimum Gasteiger partial charge on any atom is -0.0651 e. The van der Waals surface area contributed by atoms with Gasteiger partial charge in [0.25, 0.3) is 0 Å². The average molecular weight is 182 g/mol. The van der Waals surface area contributed by atoms with Crippen molar-refractivity contribution in [1.82, 2.24) is 0 Å². The summed E-state index contributed by atoms with van der Waals surface area (Å²) < 4.78 is 0. The van der Waals surface area contributed by atoms with Crippen molar-refractivity contribution in [2.45, 2.75) is 53.9 Å². The molecular weight excluding hydrogens is 156 g/mol. The predicted molar refractivity (Wildman–Crippen MR) is 59.7 cm³/mol. The highest BCUT2D eigenvalue weighted by Crippen LogP contribution is 2.54. The molecule has 0 aliphatic heterocycles. The lowest BCUT2D eigenvalue weighted by Gasteiger charge is -2.08. The van der Waals surface area contributed by atoms with Crippen molar-refractivity contribution in [2.75, 3.05) is 0 Å². The van der Waals surface area contributed by atoms with Crippen LogP contribution < -0.4 is 0 Å². The quantitative estimate of drug-likeness (QED) is 0.593. The molecule has 1 saturated carbocycles. The molecule has 0 bridgehead atoms. The van der Waals surface area contributed by atoms with E-state index in [-0.39, 0.29) is 0 Å². The van der Waals surface area contributed by atoms with Crippen LogP contribution in [-0.4, -0.2) is 0 Å². The third-order valence-electron chi connectivity index (χ3n) is 4.01. The summed E-state index contributed by atoms with van der Waals surface area (Å²) in [6.07, 6.45) is 4.28. The summed E-state index contributed by atoms with van der Waals surface area (Å²) in [7, 11) is 0. The fourth-order valence-corrected chi connectivity index (χ4v) is 2.77. The standard InChI is InChI=1S/C13H26/c1-6-10(4)13-11(5)12(13)8-7-9(2)3/h9-13H,6-8H2,1-5H3. The van der Waals surface area contributed by atoms with Gasteiger partial charge in [-0.2, -0.15) is 0 Å². The maximum absolute atomic E-state index is 2.45. The van der Waals surface area contributed by atoms with Crippen molar-refractivity contribution in [3.8, 4) is 0 Å². The maximum Gasteiger partial charge on any atom is -0.0329 e. The molecule has 0 N–H and O–H groups in total. The van der Waals surface area contributed by atoms with Crippen molar-refractivity contribution in [2.24, 2.45) is 29.6 Å². The van der Waals surface area contributed by atoms with E-state index in [0.717, 1.165) is 29.6 Å². The van der Waals surface area contributed by atoms with Crippen LogP contribution in [0.3, 0.4) is 0 Å². The molecular formula is C13H26. The van der Waals surface area contributed by atoms with E-state index >= 15 is 0 Å². The SMILES string of the molecule is CCC(C)C1C(C)C1CCC(C)C. The second-order valence-corrected chi connectivity index (χ2v) is 5.46. The Labute approximate surface area is 84.1 Å². The third kappa shape index (κ3) is 2.72. The minimum atomic E-state index is 0.894. The molecule has 1 aliphatic rings. The largest absolute Gasteiger partial charge is 0.0651 e. The molecule has 1 rings (SSSR count). The van der Waals surface area contributed by atoms with E-state index < -0.39 is 0 Å². The molecule has 0 radical (unpaired) electrons. The zero-order chi connectivity index (χ0) is 10.0. The fraction of sp³-hybridized carbons (Fsp3) is 1.00. The van der Waals surface area contributed by atoms with Crippen molar-refractivity contribution < 1.29 is 0 Å². The smallest absolute Gasteiger partial charge is 0.0329 e. The van der Waals surface area contributed by atoms with Gasteiger partial charge in [-0.05, 0) is 36.0 Å². The molecule has 13 heavy (non-hydrogen) atoms. The van der Waals surface area contributed by atoms with Gasteiger partial charge >= 0.3 is 0 Å². The second kappa shape index (κ2) is 4.48. The lowest BCUT2D eigenvalue weighted by atomic mass is 9.98. The molecule has 4 atom stereocenters. The monoisotopic (exact) mass is 182 g/mol. The van der Waals surface area contributed by atoms with Gasteiger partial charge < -0.3 is 0 Å². The van der Waals surface area contributed by atoms with Crippen LogP contribution in [0.2, 0.25) is 0 Å². The lowest BCUT2D eigenvalue weighted by molar-refractivity contribution is 0.428. The highest BCUT2D eigenvalue weighted by molar-refractivity contribution is 4.96. The van der Waals surface area contributed by atoms with Crippen LogP contribution in [0.5, 0.6) is 0 Å². The third-order valence-corrected chi connectivity index (χ3v) is 4.01. The first-order valence-corrected chi connectivity index (χ1v) is 6.07. The topological polar surface area (TPSA) is 0 Å². The first kappa shape index (κ1) is 11.1. The molecule has 0 heterocycles. The van der Waals surface area contributed by atoms with E-state index in [2.05, 4.69) is 34.6 Å². The van der Waals surface area contributed by atoms with Crippen LogP contribution in [-0.2, 0) is 0 Å². The van der Waals surface area contributed by atoms with Crippen LogP contribution in [0.15, 0.2) is 0 Å². The summed E-state index contributed by atoms with van der Waals surface area (Å²) >= 11 is 0. The Balaban J connectivity index is 2.23. The first-order chi connectivity index (χ1) is 6.07. The zero-order valence-corrected chi connectivity index (χ0v) is 10.0. The Hall–Kier alpha value is 0. The van der Waals surface area contributed by atoms with E-state index in [4.69, 9.17) is 0 Å². The Kier molecular flexibility index (Phi) is 3.82. The van der Waals surface area contributed by atoms with Crippen LogP contribution >= 0.6 is 0 Å². The first-order valence-electron chi connectivity index (χ1n) is 6.07. The van der Waals surface area contributed by atoms with E-state index in [1.807, 2.05) is 0 Å². The number of rotatable bonds is 5. The van der Waals surface area contributed by atoms with Gasteiger partial charge in [0.05, 0.1) is 0 Å². The average Bonchev–Trinajstić information content (AvgIpc) is 2.72. The molecule has 1 aliphatic carbocycles. The Bertz CT molecular complexity index is 148. The van der Waals surface area contributed by atoms with Crippen LogP contribution in [0.1, 0.15) is 53.9 Å². The highest BCUT2D eigenvalue weighted by Gasteiger charge is 2.47. The van der Waals surface area contributed by atoms with Gasteiger partial charge in [-0.25, -0.2) is 0 Å². The van der Waals surface area contributed by atoms with Gasteiger partial charge in [0.2, 0.25) is 0 Å². The van der Waals surface area contributed by atoms with Gasteiger partial charge in [-0.1, -0.05) is 47.5 Å². The van der Waals surface area contributed by atoms with Gasteiger partial charge in [-0.3, -0.25) is 0 Å². The van der Waals surface area contributed by atoms with E-state index in [9.17, 15) is 0 Å². The minimum absolute atomic E-state index is 0.894. The second-order valence-electron chi connectivity index (χ2n) is 5.46. The molecule has 0 aromatic rings. The van der Waals surface area contributed by atoms with Crippen molar-refractivity contribution in [3.05, 3.63) is 0 Å². The molecule has 0 nitrogen and oxygen atoms in total. The normalized spacial score (nSPS) is 35.1. The number of hydrogen-bond acceptors (Lipinski definition) is 0. The molecule has 0 saturated heterocycles. The maximum atomic E-state index is 2.45. The zero-order valence-electron chi connectivity index (χ0n) is 10.0. The van der Waals surface area contributed by atoms with Crippen molar-refractivity contribution in [3.63, 3.8) is 0 Å². The van der Waals surface area contributed by atoms with E-state index in [1.165, 1.54) is 19.3 Å². The lowest BCUT2D eigenvalue weighted by Crippen LogP contribution is -1.98. The molecule has 0 aromatic heterocycles. The van der Waals surface area contributed by atoms with Gasteiger partial charge in [0.1, 0.15) is 0 Å².